The molecule has 0 saturated carbocycles. The van der Waals surface area contributed by atoms with Crippen LogP contribution >= 0.6 is 23.1 Å². The molecule has 9 heteroatoms. The van der Waals surface area contributed by atoms with E-state index in [2.05, 4.69) is 33.7 Å². The summed E-state index contributed by atoms with van der Waals surface area (Å²) in [6, 6.07) is 23.2. The summed E-state index contributed by atoms with van der Waals surface area (Å²) >= 11 is 2.89. The van der Waals surface area contributed by atoms with E-state index in [0.717, 1.165) is 41.4 Å². The predicted molar refractivity (Wildman–Crippen MR) is 150 cm³/mol. The molecule has 2 aromatic heterocycles. The molecule has 2 aromatic carbocycles. The number of nitrogens with one attached hydrogen (secondary N) is 2. The Balaban J connectivity index is 1.22. The molecule has 3 heterocycles. The number of carbonyl (C=O) groups is 2. The lowest BCUT2D eigenvalue weighted by Crippen LogP contribution is -2.29. The Labute approximate surface area is 229 Å². The van der Waals surface area contributed by atoms with Crippen LogP contribution in [0.3, 0.4) is 0 Å². The minimum absolute atomic E-state index is 0.170. The number of furan rings is 1. The van der Waals surface area contributed by atoms with Crippen molar-refractivity contribution in [1.29, 1.82) is 5.26 Å². The number of nitriles is 1. The summed E-state index contributed by atoms with van der Waals surface area (Å²) in [5.41, 5.74) is 3.51. The van der Waals surface area contributed by atoms with Crippen molar-refractivity contribution in [2.45, 2.75) is 36.6 Å². The highest BCUT2D eigenvalue weighted by molar-refractivity contribution is 8.00. The Morgan fingerprint density at radius 1 is 1.13 bits per heavy atom. The van der Waals surface area contributed by atoms with E-state index in [1.54, 1.807) is 18.2 Å². The average Bonchev–Trinajstić information content (AvgIpc) is 3.57. The van der Waals surface area contributed by atoms with E-state index in [9.17, 15) is 14.9 Å². The van der Waals surface area contributed by atoms with Crippen LogP contribution in [0, 0.1) is 11.3 Å². The molecule has 0 saturated heterocycles. The molecule has 1 unspecified atom stereocenters. The molecule has 5 rings (SSSR count). The van der Waals surface area contributed by atoms with Gasteiger partial charge >= 0.3 is 0 Å². The number of fused-ring (bicyclic) bond motifs is 1. The van der Waals surface area contributed by atoms with Crippen molar-refractivity contribution in [1.82, 2.24) is 4.90 Å². The summed E-state index contributed by atoms with van der Waals surface area (Å²) in [5.74, 6) is -0.279. The second-order valence-electron chi connectivity index (χ2n) is 8.97. The van der Waals surface area contributed by atoms with Crippen LogP contribution in [0.15, 0.2) is 82.3 Å². The smallest absolute Gasteiger partial charge is 0.291 e. The Hall–Kier alpha value is -3.84. The fraction of sp³-hybridized carbons (Fsp3) is 0.207. The summed E-state index contributed by atoms with van der Waals surface area (Å²) in [4.78, 5) is 29.7. The fourth-order valence-electron chi connectivity index (χ4n) is 4.36. The van der Waals surface area contributed by atoms with Crippen LogP contribution in [0.4, 0.5) is 10.7 Å². The van der Waals surface area contributed by atoms with Gasteiger partial charge < -0.3 is 15.1 Å². The van der Waals surface area contributed by atoms with Crippen molar-refractivity contribution in [2.75, 3.05) is 17.2 Å². The molecular weight excluding hydrogens is 516 g/mol. The van der Waals surface area contributed by atoms with E-state index in [-0.39, 0.29) is 17.6 Å². The number of amides is 2. The highest BCUT2D eigenvalue weighted by Gasteiger charge is 2.26. The summed E-state index contributed by atoms with van der Waals surface area (Å²) < 4.78 is 5.14. The van der Waals surface area contributed by atoms with E-state index in [0.29, 0.717) is 16.3 Å². The molecule has 0 spiro atoms. The lowest BCUT2D eigenvalue weighted by Gasteiger charge is -2.26. The third-order valence-electron chi connectivity index (χ3n) is 6.25. The van der Waals surface area contributed by atoms with Gasteiger partial charge in [-0.3, -0.25) is 14.5 Å². The van der Waals surface area contributed by atoms with Crippen LogP contribution in [0.5, 0.6) is 0 Å². The van der Waals surface area contributed by atoms with Gasteiger partial charge in [0.25, 0.3) is 5.91 Å². The zero-order chi connectivity index (χ0) is 26.5. The van der Waals surface area contributed by atoms with Crippen LogP contribution in [-0.4, -0.2) is 28.5 Å². The zero-order valence-electron chi connectivity index (χ0n) is 20.8. The molecule has 38 heavy (non-hydrogen) atoms. The van der Waals surface area contributed by atoms with E-state index < -0.39 is 5.25 Å². The van der Waals surface area contributed by atoms with Gasteiger partial charge in [-0.15, -0.1) is 23.1 Å². The normalized spacial score (nSPS) is 13.8. The minimum Gasteiger partial charge on any atom is -0.459 e. The Bertz CT molecular complexity index is 1480. The predicted octanol–water partition coefficient (Wildman–Crippen LogP) is 6.14. The average molecular weight is 543 g/mol. The molecule has 0 aliphatic carbocycles. The summed E-state index contributed by atoms with van der Waals surface area (Å²) in [6.45, 7) is 4.33. The number of rotatable bonds is 8. The van der Waals surface area contributed by atoms with Gasteiger partial charge in [-0.1, -0.05) is 36.4 Å². The zero-order valence-corrected chi connectivity index (χ0v) is 22.4. The molecule has 0 radical (unpaired) electrons. The first-order valence-corrected chi connectivity index (χ1v) is 13.9. The molecule has 0 bridgehead atoms. The third kappa shape index (κ3) is 6.00. The van der Waals surface area contributed by atoms with Gasteiger partial charge in [0.1, 0.15) is 11.1 Å². The van der Waals surface area contributed by atoms with Crippen molar-refractivity contribution in [3.63, 3.8) is 0 Å². The quantitative estimate of drug-likeness (QED) is 0.260. The molecule has 0 fully saturated rings. The van der Waals surface area contributed by atoms with Crippen molar-refractivity contribution in [3.8, 4) is 6.07 Å². The van der Waals surface area contributed by atoms with Crippen LogP contribution in [0.25, 0.3) is 0 Å². The van der Waals surface area contributed by atoms with Crippen molar-refractivity contribution >= 4 is 45.6 Å². The lowest BCUT2D eigenvalue weighted by atomic mass is 10.0. The van der Waals surface area contributed by atoms with Gasteiger partial charge in [0.05, 0.1) is 17.1 Å². The second-order valence-corrected chi connectivity index (χ2v) is 11.5. The molecule has 2 amide bonds. The molecular formula is C29H26N4O3S2. The second kappa shape index (κ2) is 11.7. The van der Waals surface area contributed by atoms with Gasteiger partial charge in [0.2, 0.25) is 5.91 Å². The van der Waals surface area contributed by atoms with Crippen LogP contribution in [-0.2, 0) is 24.3 Å². The molecule has 7 nitrogen and oxygen atoms in total. The third-order valence-corrected chi connectivity index (χ3v) is 8.48. The molecule has 192 valence electrons. The number of benzene rings is 2. The number of carbonyl (C=O) groups excluding carboxylic acids is 2. The SMILES string of the molecule is CC(Sc1cccc(NC(=O)c2ccco2)c1)C(=O)Nc1sc2c(c1C#N)CCN(Cc1ccccc1)C2. The van der Waals surface area contributed by atoms with Crippen LogP contribution < -0.4 is 10.6 Å². The number of thioether (sulfide) groups is 1. The first-order valence-electron chi connectivity index (χ1n) is 12.2. The minimum atomic E-state index is -0.411. The highest BCUT2D eigenvalue weighted by atomic mass is 32.2. The lowest BCUT2D eigenvalue weighted by molar-refractivity contribution is -0.115. The molecule has 1 atom stereocenters. The number of hydrogen-bond donors (Lipinski definition) is 2. The molecule has 1 aliphatic heterocycles. The van der Waals surface area contributed by atoms with E-state index in [1.807, 2.05) is 43.3 Å². The summed E-state index contributed by atoms with van der Waals surface area (Å²) in [6.07, 6.45) is 2.24. The number of thiophene rings is 1. The van der Waals surface area contributed by atoms with E-state index in [1.165, 1.54) is 34.9 Å². The Kier molecular flexibility index (Phi) is 7.94. The van der Waals surface area contributed by atoms with E-state index in [4.69, 9.17) is 4.42 Å². The molecule has 2 N–H and O–H groups in total. The van der Waals surface area contributed by atoms with E-state index >= 15 is 0 Å². The monoisotopic (exact) mass is 542 g/mol. The largest absolute Gasteiger partial charge is 0.459 e. The maximum Gasteiger partial charge on any atom is 0.291 e. The maximum absolute atomic E-state index is 13.1. The summed E-state index contributed by atoms with van der Waals surface area (Å²) in [7, 11) is 0. The Morgan fingerprint density at radius 2 is 1.97 bits per heavy atom. The first-order chi connectivity index (χ1) is 18.5. The van der Waals surface area contributed by atoms with Gasteiger partial charge in [-0.25, -0.2) is 0 Å². The van der Waals surface area contributed by atoms with Gasteiger partial charge in [-0.05, 0) is 54.8 Å². The van der Waals surface area contributed by atoms with Crippen molar-refractivity contribution in [3.05, 3.63) is 100 Å². The van der Waals surface area contributed by atoms with Gasteiger partial charge in [0.15, 0.2) is 5.76 Å². The molecule has 4 aromatic rings. The first kappa shape index (κ1) is 25.8. The van der Waals surface area contributed by atoms with Crippen LogP contribution in [0.1, 0.15) is 39.0 Å². The molecule has 1 aliphatic rings. The number of anilines is 2. The number of hydrogen-bond acceptors (Lipinski definition) is 7. The highest BCUT2D eigenvalue weighted by Crippen LogP contribution is 2.37. The standard InChI is InChI=1S/C29H26N4O3S2/c1-19(37-22-10-5-9-21(15-22)31-28(35)25-11-6-14-36-25)27(34)32-29-24(16-30)23-12-13-33(18-26(23)38-29)17-20-7-3-2-4-8-20/h2-11,14-15,19H,12-13,17-18H2,1H3,(H,31,35)(H,32,34). The maximum atomic E-state index is 13.1. The van der Waals surface area contributed by atoms with Gasteiger partial charge in [0, 0.05) is 35.1 Å². The van der Waals surface area contributed by atoms with Gasteiger partial charge in [-0.2, -0.15) is 5.26 Å². The van der Waals surface area contributed by atoms with Crippen LogP contribution in [0.2, 0.25) is 0 Å². The fourth-order valence-corrected chi connectivity index (χ4v) is 6.53. The number of nitrogens with zero attached hydrogens (tertiary/aromatic N) is 2. The van der Waals surface area contributed by atoms with Crippen molar-refractivity contribution in [2.24, 2.45) is 0 Å². The Morgan fingerprint density at radius 3 is 2.74 bits per heavy atom. The summed E-state index contributed by atoms with van der Waals surface area (Å²) in [5, 5.41) is 15.9. The van der Waals surface area contributed by atoms with Crippen molar-refractivity contribution < 1.29 is 14.0 Å². The topological polar surface area (TPSA) is 98.4 Å².